The number of carbonyl (C=O) groups excluding carboxylic acids is 1. The van der Waals surface area contributed by atoms with Crippen molar-refractivity contribution in [3.05, 3.63) is 71.2 Å². The van der Waals surface area contributed by atoms with E-state index in [4.69, 9.17) is 18.6 Å². The number of ether oxygens (including phenoxy) is 3. The van der Waals surface area contributed by atoms with Gasteiger partial charge in [-0.2, -0.15) is 13.2 Å². The molecule has 3 aromatic rings. The molecular formula is C26H22F3NO5. The lowest BCUT2D eigenvalue weighted by Crippen LogP contribution is -2.50. The molecule has 1 unspecified atom stereocenters. The number of furan rings is 1. The first kappa shape index (κ1) is 21.9. The fourth-order valence-electron chi connectivity index (χ4n) is 5.44. The highest BCUT2D eigenvalue weighted by Gasteiger charge is 2.58. The number of fused-ring (bicyclic) bond motifs is 5. The number of anilines is 1. The van der Waals surface area contributed by atoms with Crippen LogP contribution in [0.3, 0.4) is 0 Å². The lowest BCUT2D eigenvalue weighted by Gasteiger charge is -2.43. The van der Waals surface area contributed by atoms with Crippen LogP contribution in [0.25, 0.3) is 0 Å². The lowest BCUT2D eigenvalue weighted by molar-refractivity contribution is -0.153. The summed E-state index contributed by atoms with van der Waals surface area (Å²) >= 11 is 0. The molecule has 1 spiro atoms. The minimum Gasteiger partial charge on any atom is -0.487 e. The predicted octanol–water partition coefficient (Wildman–Crippen LogP) is 5.46. The topological polar surface area (TPSA) is 61.1 Å². The Balaban J connectivity index is 1.50. The Morgan fingerprint density at radius 3 is 2.37 bits per heavy atom. The van der Waals surface area contributed by atoms with Gasteiger partial charge in [0.2, 0.25) is 11.7 Å². The largest absolute Gasteiger partial charge is 0.487 e. The quantitative estimate of drug-likeness (QED) is 0.482. The summed E-state index contributed by atoms with van der Waals surface area (Å²) in [6.45, 7) is 4.50. The second-order valence-corrected chi connectivity index (χ2v) is 9.61. The second kappa shape index (κ2) is 7.19. The molecule has 1 aromatic heterocycles. The van der Waals surface area contributed by atoms with Crippen molar-refractivity contribution in [2.75, 3.05) is 18.1 Å². The lowest BCUT2D eigenvalue weighted by atomic mass is 9.67. The van der Waals surface area contributed by atoms with E-state index < -0.39 is 23.0 Å². The molecule has 9 heteroatoms. The molecular weight excluding hydrogens is 463 g/mol. The molecule has 1 atom stereocenters. The van der Waals surface area contributed by atoms with Crippen LogP contribution in [0, 0.1) is 0 Å². The molecule has 0 saturated heterocycles. The Labute approximate surface area is 199 Å². The van der Waals surface area contributed by atoms with Crippen LogP contribution in [-0.2, 0) is 22.9 Å². The number of nitrogens with zero attached hydrogens (tertiary/aromatic N) is 1. The third-order valence-electron chi connectivity index (χ3n) is 6.70. The van der Waals surface area contributed by atoms with Crippen LogP contribution in [0.2, 0.25) is 0 Å². The fourth-order valence-corrected chi connectivity index (χ4v) is 5.44. The van der Waals surface area contributed by atoms with Crippen LogP contribution in [0.1, 0.15) is 42.9 Å². The number of hydrogen-bond donors (Lipinski definition) is 0. The van der Waals surface area contributed by atoms with Gasteiger partial charge in [-0.3, -0.25) is 4.79 Å². The van der Waals surface area contributed by atoms with Crippen molar-refractivity contribution in [2.24, 2.45) is 0 Å². The molecule has 35 heavy (non-hydrogen) atoms. The van der Waals surface area contributed by atoms with Gasteiger partial charge >= 0.3 is 6.18 Å². The normalized spacial score (nSPS) is 22.1. The summed E-state index contributed by atoms with van der Waals surface area (Å²) in [4.78, 5) is 15.8. The van der Waals surface area contributed by atoms with Crippen LogP contribution in [-0.4, -0.2) is 24.7 Å². The first-order valence-corrected chi connectivity index (χ1v) is 11.3. The van der Waals surface area contributed by atoms with Crippen molar-refractivity contribution in [3.8, 4) is 17.2 Å². The minimum absolute atomic E-state index is 0.0474. The molecule has 0 aliphatic carbocycles. The molecule has 2 aromatic carbocycles. The number of para-hydroxylation sites is 1. The Kier molecular flexibility index (Phi) is 4.50. The van der Waals surface area contributed by atoms with E-state index in [1.54, 1.807) is 24.3 Å². The third kappa shape index (κ3) is 3.28. The van der Waals surface area contributed by atoms with E-state index in [0.717, 1.165) is 11.6 Å². The molecule has 1 amide bonds. The SMILES string of the molecule is CC1(C)CC2(C(=O)N(Cc3ccc(C(F)(F)F)o3)c3ccccc32)c2cc3c(cc2O1)OCCO3. The van der Waals surface area contributed by atoms with Gasteiger partial charge in [0.15, 0.2) is 11.5 Å². The van der Waals surface area contributed by atoms with E-state index in [9.17, 15) is 18.0 Å². The molecule has 0 fully saturated rings. The number of alkyl halides is 3. The van der Waals surface area contributed by atoms with Crippen molar-refractivity contribution in [1.82, 2.24) is 0 Å². The molecule has 4 heterocycles. The van der Waals surface area contributed by atoms with Gasteiger partial charge in [0.05, 0.1) is 6.54 Å². The number of rotatable bonds is 2. The van der Waals surface area contributed by atoms with Crippen LogP contribution >= 0.6 is 0 Å². The van der Waals surface area contributed by atoms with Gasteiger partial charge in [-0.1, -0.05) is 18.2 Å². The number of benzene rings is 2. The maximum atomic E-state index is 14.3. The summed E-state index contributed by atoms with van der Waals surface area (Å²) in [7, 11) is 0. The summed E-state index contributed by atoms with van der Waals surface area (Å²) in [5.41, 5.74) is 0.228. The Bertz CT molecular complexity index is 1340. The number of hydrogen-bond acceptors (Lipinski definition) is 5. The number of halogens is 3. The Morgan fingerprint density at radius 1 is 0.943 bits per heavy atom. The molecule has 0 saturated carbocycles. The van der Waals surface area contributed by atoms with Gasteiger partial charge in [0, 0.05) is 23.7 Å². The average Bonchev–Trinajstić information content (AvgIpc) is 3.36. The molecule has 0 radical (unpaired) electrons. The van der Waals surface area contributed by atoms with Crippen molar-refractivity contribution in [2.45, 2.75) is 44.0 Å². The highest BCUT2D eigenvalue weighted by atomic mass is 19.4. The summed E-state index contributed by atoms with van der Waals surface area (Å²) in [6.07, 6.45) is -4.26. The standard InChI is InChI=1S/C26H22F3NO5/c1-24(2)14-25(17-11-20-21(12-19(17)35-24)33-10-9-32-20)16-5-3-4-6-18(16)30(23(25)31)13-15-7-8-22(34-15)26(27,28)29/h3-8,11-12H,9-10,13-14H2,1-2H3. The molecule has 6 nitrogen and oxygen atoms in total. The van der Waals surface area contributed by atoms with Crippen molar-refractivity contribution < 1.29 is 36.6 Å². The predicted molar refractivity (Wildman–Crippen MR) is 119 cm³/mol. The van der Waals surface area contributed by atoms with E-state index in [1.807, 2.05) is 26.0 Å². The maximum absolute atomic E-state index is 14.3. The van der Waals surface area contributed by atoms with Crippen LogP contribution in [0.15, 0.2) is 52.9 Å². The summed E-state index contributed by atoms with van der Waals surface area (Å²) in [6, 6.07) is 13.0. The highest BCUT2D eigenvalue weighted by Crippen LogP contribution is 2.58. The second-order valence-electron chi connectivity index (χ2n) is 9.61. The first-order valence-electron chi connectivity index (χ1n) is 11.3. The average molecular weight is 485 g/mol. The van der Waals surface area contributed by atoms with Gasteiger partial charge in [0.1, 0.15) is 35.7 Å². The molecule has 6 rings (SSSR count). The fraction of sp³-hybridized carbons (Fsp3) is 0.346. The van der Waals surface area contributed by atoms with Gasteiger partial charge in [-0.15, -0.1) is 0 Å². The Morgan fingerprint density at radius 2 is 1.66 bits per heavy atom. The summed E-state index contributed by atoms with van der Waals surface area (Å²) in [5.74, 6) is 0.302. The Hall–Kier alpha value is -3.62. The van der Waals surface area contributed by atoms with E-state index in [-0.39, 0.29) is 18.2 Å². The smallest absolute Gasteiger partial charge is 0.449 e. The summed E-state index contributed by atoms with van der Waals surface area (Å²) < 4.78 is 62.1. The van der Waals surface area contributed by atoms with Crippen LogP contribution in [0.5, 0.6) is 17.2 Å². The number of amides is 1. The number of carbonyl (C=O) groups is 1. The molecule has 182 valence electrons. The van der Waals surface area contributed by atoms with Crippen molar-refractivity contribution in [3.63, 3.8) is 0 Å². The van der Waals surface area contributed by atoms with Gasteiger partial charge in [0.25, 0.3) is 0 Å². The van der Waals surface area contributed by atoms with E-state index in [1.165, 1.54) is 11.0 Å². The summed E-state index contributed by atoms with van der Waals surface area (Å²) in [5, 5.41) is 0. The zero-order valence-corrected chi connectivity index (χ0v) is 19.1. The monoisotopic (exact) mass is 485 g/mol. The first-order chi connectivity index (χ1) is 16.6. The molecule has 0 N–H and O–H groups in total. The van der Waals surface area contributed by atoms with Gasteiger partial charge < -0.3 is 23.5 Å². The van der Waals surface area contributed by atoms with E-state index in [0.29, 0.717) is 48.1 Å². The van der Waals surface area contributed by atoms with Crippen LogP contribution < -0.4 is 19.1 Å². The van der Waals surface area contributed by atoms with Gasteiger partial charge in [-0.25, -0.2) is 0 Å². The third-order valence-corrected chi connectivity index (χ3v) is 6.70. The molecule has 0 bridgehead atoms. The zero-order valence-electron chi connectivity index (χ0n) is 19.1. The molecule has 3 aliphatic heterocycles. The molecule has 3 aliphatic rings. The van der Waals surface area contributed by atoms with Gasteiger partial charge in [-0.05, 0) is 43.7 Å². The van der Waals surface area contributed by atoms with E-state index >= 15 is 0 Å². The van der Waals surface area contributed by atoms with Crippen LogP contribution in [0.4, 0.5) is 18.9 Å². The zero-order chi connectivity index (χ0) is 24.6. The van der Waals surface area contributed by atoms with E-state index in [2.05, 4.69) is 0 Å². The maximum Gasteiger partial charge on any atom is 0.449 e. The van der Waals surface area contributed by atoms with Crippen molar-refractivity contribution in [1.29, 1.82) is 0 Å². The highest BCUT2D eigenvalue weighted by molar-refractivity contribution is 6.11. The minimum atomic E-state index is -4.60. The van der Waals surface area contributed by atoms with Crippen molar-refractivity contribution >= 4 is 11.6 Å².